The van der Waals surface area contributed by atoms with Crippen LogP contribution in [0.2, 0.25) is 0 Å². The van der Waals surface area contributed by atoms with Crippen LogP contribution in [0.1, 0.15) is 153 Å². The number of rotatable bonds is 17. The second-order valence-corrected chi connectivity index (χ2v) is 22.5. The molecule has 70 heavy (non-hydrogen) atoms. The number of sulfone groups is 1. The number of aliphatic hydroxyl groups is 1. The summed E-state index contributed by atoms with van der Waals surface area (Å²) in [4.78, 5) is 46.4. The molecule has 3 atom stereocenters. The molecule has 0 spiro atoms. The topological polar surface area (TPSA) is 221 Å². The largest absolute Gasteiger partial charge is 0.497 e. The van der Waals surface area contributed by atoms with Gasteiger partial charge in [0.1, 0.15) is 17.5 Å². The minimum atomic E-state index is -3.40. The lowest BCUT2D eigenvalue weighted by Crippen LogP contribution is -2.59. The molecule has 0 bridgehead atoms. The minimum absolute atomic E-state index is 0.0777. The molecule has 1 saturated heterocycles. The van der Waals surface area contributed by atoms with Crippen LogP contribution in [0.5, 0.6) is 5.75 Å². The average molecular weight is 1020 g/mol. The van der Waals surface area contributed by atoms with Crippen molar-refractivity contribution in [2.45, 2.75) is 182 Å². The molecule has 2 aromatic heterocycles. The number of nitrogens with zero attached hydrogens (tertiary/aromatic N) is 3. The van der Waals surface area contributed by atoms with Crippen molar-refractivity contribution in [1.82, 2.24) is 30.8 Å². The van der Waals surface area contributed by atoms with Crippen LogP contribution >= 0.6 is 11.3 Å². The van der Waals surface area contributed by atoms with Crippen molar-refractivity contribution in [2.75, 3.05) is 59.1 Å². The van der Waals surface area contributed by atoms with E-state index < -0.39 is 38.2 Å². The molecule has 0 radical (unpaired) electrons. The zero-order valence-electron chi connectivity index (χ0n) is 45.5. The molecule has 1 aromatic carbocycles. The highest BCUT2D eigenvalue weighted by Gasteiger charge is 2.42. The second-order valence-electron chi connectivity index (χ2n) is 18.9. The number of anilines is 1. The van der Waals surface area contributed by atoms with E-state index in [1.54, 1.807) is 65.4 Å². The van der Waals surface area contributed by atoms with Crippen LogP contribution in [0.15, 0.2) is 35.7 Å². The van der Waals surface area contributed by atoms with Crippen molar-refractivity contribution < 1.29 is 42.5 Å². The number of hydrogen-bond donors (Lipinski definition) is 6. The van der Waals surface area contributed by atoms with Crippen LogP contribution in [-0.4, -0.2) is 134 Å². The Morgan fingerprint density at radius 2 is 1.56 bits per heavy atom. The molecular weight excluding hydrogens is 931 g/mol. The van der Waals surface area contributed by atoms with Gasteiger partial charge < -0.3 is 45.9 Å². The molecule has 3 amide bonds. The second kappa shape index (κ2) is 35.1. The Hall–Kier alpha value is -4.10. The van der Waals surface area contributed by atoms with Gasteiger partial charge in [0.2, 0.25) is 5.91 Å². The molecule has 1 aliphatic heterocycles. The van der Waals surface area contributed by atoms with Crippen molar-refractivity contribution in [1.29, 1.82) is 0 Å². The summed E-state index contributed by atoms with van der Waals surface area (Å²) in [5.74, 6) is -0.0383. The average Bonchev–Trinajstić information content (AvgIpc) is 3.99. The number of carboxylic acids is 1. The lowest BCUT2D eigenvalue weighted by atomic mass is 9.83. The van der Waals surface area contributed by atoms with Crippen molar-refractivity contribution in [2.24, 2.45) is 5.92 Å². The van der Waals surface area contributed by atoms with Crippen molar-refractivity contribution >= 4 is 55.1 Å². The summed E-state index contributed by atoms with van der Waals surface area (Å²) in [5.41, 5.74) is 1.90. The van der Waals surface area contributed by atoms with Crippen molar-refractivity contribution in [3.63, 3.8) is 0 Å². The Labute approximate surface area is 426 Å². The van der Waals surface area contributed by atoms with Gasteiger partial charge in [0.25, 0.3) is 0 Å². The lowest BCUT2D eigenvalue weighted by molar-refractivity contribution is -0.140. The van der Waals surface area contributed by atoms with Crippen LogP contribution in [-0.2, 0) is 24.2 Å². The number of hydrogen-bond acceptors (Lipinski definition) is 13. The summed E-state index contributed by atoms with van der Waals surface area (Å²) in [6.45, 7) is 21.9. The first-order valence-electron chi connectivity index (χ1n) is 25.3. The molecule has 2 aliphatic rings. The Morgan fingerprint density at radius 1 is 0.943 bits per heavy atom. The normalized spacial score (nSPS) is 15.8. The van der Waals surface area contributed by atoms with E-state index in [9.17, 15) is 27.9 Å². The fourth-order valence-corrected chi connectivity index (χ4v) is 9.99. The molecular formula is C52H93N7O9S2. The van der Waals surface area contributed by atoms with E-state index in [4.69, 9.17) is 9.84 Å². The number of thiazole rings is 1. The molecule has 1 aliphatic carbocycles. The third-order valence-corrected chi connectivity index (χ3v) is 15.0. The first-order valence-corrected chi connectivity index (χ1v) is 27.8. The van der Waals surface area contributed by atoms with E-state index in [1.807, 2.05) is 50.4 Å². The summed E-state index contributed by atoms with van der Waals surface area (Å²) in [7, 11) is 3.21. The highest BCUT2D eigenvalue weighted by atomic mass is 32.2. The fraction of sp³-hybridized carbons (Fsp3) is 0.712. The number of pyridine rings is 1. The number of amides is 3. The van der Waals surface area contributed by atoms with Gasteiger partial charge >= 0.3 is 12.0 Å². The lowest BCUT2D eigenvalue weighted by Gasteiger charge is -2.39. The summed E-state index contributed by atoms with van der Waals surface area (Å²) >= 11 is 1.60. The number of nitrogens with one attached hydrogen (secondary N) is 4. The molecule has 2 unspecified atom stereocenters. The number of carbonyl (C=O) groups excluding carboxylic acids is 2. The molecule has 402 valence electrons. The Balaban J connectivity index is 0.000000997. The number of methoxy groups -OCH3 is 2. The van der Waals surface area contributed by atoms with Crippen LogP contribution in [0.4, 0.5) is 9.93 Å². The molecule has 3 aromatic rings. The third-order valence-electron chi connectivity index (χ3n) is 11.4. The van der Waals surface area contributed by atoms with Crippen LogP contribution < -0.4 is 26.0 Å². The fourth-order valence-electron chi connectivity index (χ4n) is 7.62. The first-order chi connectivity index (χ1) is 33.1. The number of carboxylic acid groups (broad SMARTS) is 1. The monoisotopic (exact) mass is 1020 g/mol. The van der Waals surface area contributed by atoms with Crippen LogP contribution in [0, 0.1) is 5.92 Å². The number of likely N-dealkylation sites (tertiary alicyclic amines) is 1. The number of aliphatic carboxylic acids is 1. The number of unbranched alkanes of at least 4 members (excludes halogenated alkanes) is 2. The molecule has 16 nitrogen and oxygen atoms in total. The Bertz CT molecular complexity index is 2020. The quantitative estimate of drug-likeness (QED) is 0.0694. The molecule has 5 rings (SSSR count). The number of carbonyl (C=O) groups is 3. The van der Waals surface area contributed by atoms with E-state index in [0.29, 0.717) is 25.4 Å². The predicted molar refractivity (Wildman–Crippen MR) is 290 cm³/mol. The molecule has 1 saturated carbocycles. The number of ether oxygens (including phenoxy) is 2. The Kier molecular flexibility index (Phi) is 33.0. The van der Waals surface area contributed by atoms with Gasteiger partial charge in [-0.2, -0.15) is 0 Å². The van der Waals surface area contributed by atoms with Crippen molar-refractivity contribution in [3.05, 3.63) is 35.7 Å². The predicted octanol–water partition coefficient (Wildman–Crippen LogP) is 9.95. The van der Waals surface area contributed by atoms with Gasteiger partial charge in [-0.1, -0.05) is 92.6 Å². The summed E-state index contributed by atoms with van der Waals surface area (Å²) in [6, 6.07) is 9.25. The van der Waals surface area contributed by atoms with E-state index in [-0.39, 0.29) is 36.8 Å². The van der Waals surface area contributed by atoms with Gasteiger partial charge in [-0.05, 0) is 97.9 Å². The number of likely N-dealkylation sites (N-methyl/N-ethyl adjacent to an activating group) is 1. The number of urea groups is 1. The number of aliphatic hydroxyl groups excluding tert-OH is 1. The van der Waals surface area contributed by atoms with E-state index in [1.165, 1.54) is 19.3 Å². The van der Waals surface area contributed by atoms with E-state index in [2.05, 4.69) is 76.7 Å². The smallest absolute Gasteiger partial charge is 0.320 e. The maximum absolute atomic E-state index is 12.8. The standard InChI is InChI=1S/C19H35N3O5S.C16H17N3OS.C10H21NO2.C3H8.C2H6O.C2H6/c1-18(2,3)28(26,27)14-19(9-5-4-6-10-19)21-17(25)20-12-16(24)22-11-7-8-15(22)13-23;1-10(2)17-16-19-15(9-21-16)13-7-5-11-4-6-12(20-3)8-14(11)18-13;1-4-5-6-7-8(2)9(11-3)10(12)13;2*1-3-2;1-2/h15,23H,4-14H2,1-3H3,(H2,20,21,25);4-10H,1-3H3,(H,17,19);8-9,11H,4-7H2,1-3H3,(H,12,13);3H2,1-2H3;1-2H3;1-2H3/t15-;;;;;/m0...../s1. The molecule has 3 heterocycles. The number of benzene rings is 1. The number of fused-ring (bicyclic) bond motifs is 1. The van der Waals surface area contributed by atoms with Gasteiger partial charge in [0.05, 0.1) is 53.6 Å². The van der Waals surface area contributed by atoms with Gasteiger partial charge in [0, 0.05) is 43.6 Å². The maximum Gasteiger partial charge on any atom is 0.320 e. The van der Waals surface area contributed by atoms with Gasteiger partial charge in [-0.3, -0.25) is 9.59 Å². The molecule has 18 heteroatoms. The highest BCUT2D eigenvalue weighted by molar-refractivity contribution is 7.92. The first kappa shape index (κ1) is 65.9. The van der Waals surface area contributed by atoms with Gasteiger partial charge in [-0.25, -0.2) is 23.2 Å². The SMILES string of the molecule is CC.CC(C)(C)S(=O)(=O)CC1(NC(=O)NCC(=O)N2CCC[C@H]2CO)CCCCC1.CCC.CCCCCC(C)C(NC)C(=O)O.COC.COc1ccc2ccc(-c3csc(NC(C)C)n3)nc2c1. The zero-order chi connectivity index (χ0) is 53.5. The van der Waals surface area contributed by atoms with Crippen molar-refractivity contribution in [3.8, 4) is 17.1 Å². The van der Waals surface area contributed by atoms with Gasteiger partial charge in [0.15, 0.2) is 15.0 Å². The van der Waals surface area contributed by atoms with Gasteiger partial charge in [-0.15, -0.1) is 11.3 Å². The highest BCUT2D eigenvalue weighted by Crippen LogP contribution is 2.33. The van der Waals surface area contributed by atoms with E-state index >= 15 is 0 Å². The van der Waals surface area contributed by atoms with Crippen LogP contribution in [0.25, 0.3) is 22.3 Å². The molecule has 6 N–H and O–H groups in total. The summed E-state index contributed by atoms with van der Waals surface area (Å²) < 4.78 is 34.1. The maximum atomic E-state index is 12.8. The van der Waals surface area contributed by atoms with Crippen LogP contribution in [0.3, 0.4) is 0 Å². The third kappa shape index (κ3) is 23.9. The summed E-state index contributed by atoms with van der Waals surface area (Å²) in [6.07, 6.45) is 11.3. The van der Waals surface area contributed by atoms with E-state index in [0.717, 1.165) is 78.1 Å². The summed E-state index contributed by atoms with van der Waals surface area (Å²) in [5, 5.41) is 33.8. The zero-order valence-corrected chi connectivity index (χ0v) is 47.1. The number of aromatic nitrogens is 2. The minimum Gasteiger partial charge on any atom is -0.497 e. The molecule has 2 fully saturated rings. The Morgan fingerprint density at radius 3 is 2.09 bits per heavy atom.